The standard InChI is InChI=1S/C19H29N5O2/c1-12-13(2)21-22-17(12)11-24-8-6-15(7-9-24)18-16(5-4-10-25-18)19-20-14(3)23-26-19/h15-16,18H,4-11H2,1-3H3,(H,21,22)/t16-,18+/m1/s1. The molecule has 26 heavy (non-hydrogen) atoms. The fourth-order valence-corrected chi connectivity index (χ4v) is 4.34. The molecule has 0 saturated carbocycles. The molecule has 0 bridgehead atoms. The van der Waals surface area contributed by atoms with E-state index in [4.69, 9.17) is 9.26 Å². The molecule has 7 heteroatoms. The number of likely N-dealkylation sites (tertiary alicyclic amines) is 1. The van der Waals surface area contributed by atoms with Gasteiger partial charge in [-0.3, -0.25) is 10.00 Å². The average Bonchev–Trinajstić information content (AvgIpc) is 3.23. The smallest absolute Gasteiger partial charge is 0.232 e. The molecule has 142 valence electrons. The minimum Gasteiger partial charge on any atom is -0.377 e. The van der Waals surface area contributed by atoms with Gasteiger partial charge in [0.25, 0.3) is 0 Å². The van der Waals surface area contributed by atoms with E-state index < -0.39 is 0 Å². The van der Waals surface area contributed by atoms with Gasteiger partial charge in [0.1, 0.15) is 0 Å². The van der Waals surface area contributed by atoms with Crippen LogP contribution in [0.5, 0.6) is 0 Å². The number of aromatic nitrogens is 4. The third-order valence-electron chi connectivity index (χ3n) is 6.05. The highest BCUT2D eigenvalue weighted by atomic mass is 16.5. The Morgan fingerprint density at radius 2 is 1.96 bits per heavy atom. The van der Waals surface area contributed by atoms with Crippen LogP contribution in [-0.2, 0) is 11.3 Å². The van der Waals surface area contributed by atoms with E-state index in [-0.39, 0.29) is 12.0 Å². The maximum Gasteiger partial charge on any atom is 0.232 e. The van der Waals surface area contributed by atoms with Crippen molar-refractivity contribution >= 4 is 0 Å². The molecular weight excluding hydrogens is 330 g/mol. The van der Waals surface area contributed by atoms with Crippen molar-refractivity contribution in [2.24, 2.45) is 5.92 Å². The molecule has 4 rings (SSSR count). The number of rotatable bonds is 4. The van der Waals surface area contributed by atoms with E-state index >= 15 is 0 Å². The number of nitrogens with one attached hydrogen (secondary N) is 1. The normalized spacial score (nSPS) is 25.7. The maximum absolute atomic E-state index is 6.21. The minimum atomic E-state index is 0.208. The predicted molar refractivity (Wildman–Crippen MR) is 96.8 cm³/mol. The Bertz CT molecular complexity index is 732. The zero-order valence-electron chi connectivity index (χ0n) is 16.0. The molecule has 0 aromatic carbocycles. The van der Waals surface area contributed by atoms with Gasteiger partial charge in [-0.05, 0) is 71.0 Å². The van der Waals surface area contributed by atoms with E-state index in [1.807, 2.05) is 6.92 Å². The molecule has 2 aliphatic rings. The zero-order valence-corrected chi connectivity index (χ0v) is 16.0. The van der Waals surface area contributed by atoms with Crippen molar-refractivity contribution in [3.8, 4) is 0 Å². The number of nitrogens with zero attached hydrogens (tertiary/aromatic N) is 4. The Balaban J connectivity index is 1.37. The number of aryl methyl sites for hydroxylation is 2. The fraction of sp³-hybridized carbons (Fsp3) is 0.737. The number of aromatic amines is 1. The molecule has 0 unspecified atom stereocenters. The first-order valence-corrected chi connectivity index (χ1v) is 9.76. The van der Waals surface area contributed by atoms with Crippen LogP contribution in [0.4, 0.5) is 0 Å². The summed E-state index contributed by atoms with van der Waals surface area (Å²) in [7, 11) is 0. The van der Waals surface area contributed by atoms with Gasteiger partial charge in [0.2, 0.25) is 5.89 Å². The molecule has 2 atom stereocenters. The summed E-state index contributed by atoms with van der Waals surface area (Å²) in [6, 6.07) is 0. The van der Waals surface area contributed by atoms with Crippen LogP contribution < -0.4 is 0 Å². The molecule has 0 radical (unpaired) electrons. The largest absolute Gasteiger partial charge is 0.377 e. The van der Waals surface area contributed by atoms with Crippen molar-refractivity contribution in [3.05, 3.63) is 28.7 Å². The summed E-state index contributed by atoms with van der Waals surface area (Å²) in [5.41, 5.74) is 3.63. The Morgan fingerprint density at radius 3 is 2.62 bits per heavy atom. The van der Waals surface area contributed by atoms with Crippen molar-refractivity contribution in [2.45, 2.75) is 65.0 Å². The SMILES string of the molecule is Cc1noc([C@@H]2CCCO[C@H]2C2CCN(Cc3n[nH]c(C)c3C)CC2)n1. The van der Waals surface area contributed by atoms with Crippen LogP contribution in [-0.4, -0.2) is 51.0 Å². The van der Waals surface area contributed by atoms with Gasteiger partial charge in [-0.25, -0.2) is 0 Å². The van der Waals surface area contributed by atoms with E-state index in [0.29, 0.717) is 11.7 Å². The van der Waals surface area contributed by atoms with Crippen molar-refractivity contribution in [3.63, 3.8) is 0 Å². The molecule has 2 aromatic rings. The van der Waals surface area contributed by atoms with Crippen LogP contribution in [0.25, 0.3) is 0 Å². The molecule has 1 N–H and O–H groups in total. The van der Waals surface area contributed by atoms with Crippen LogP contribution in [0.3, 0.4) is 0 Å². The minimum absolute atomic E-state index is 0.208. The van der Waals surface area contributed by atoms with E-state index in [1.54, 1.807) is 0 Å². The van der Waals surface area contributed by atoms with E-state index in [1.165, 1.54) is 17.0 Å². The number of H-pyrrole nitrogens is 1. The van der Waals surface area contributed by atoms with Crippen molar-refractivity contribution in [1.29, 1.82) is 0 Å². The summed E-state index contributed by atoms with van der Waals surface area (Å²) in [6.45, 7) is 10.1. The Hall–Kier alpha value is -1.73. The van der Waals surface area contributed by atoms with Gasteiger partial charge < -0.3 is 9.26 Å². The Morgan fingerprint density at radius 1 is 1.15 bits per heavy atom. The van der Waals surface area contributed by atoms with Gasteiger partial charge in [0.15, 0.2) is 5.82 Å². The zero-order chi connectivity index (χ0) is 18.1. The molecule has 2 saturated heterocycles. The molecule has 2 fully saturated rings. The average molecular weight is 359 g/mol. The van der Waals surface area contributed by atoms with Crippen LogP contribution in [0.15, 0.2) is 4.52 Å². The monoisotopic (exact) mass is 359 g/mol. The van der Waals surface area contributed by atoms with Gasteiger partial charge in [0, 0.05) is 18.8 Å². The number of hydrogen-bond acceptors (Lipinski definition) is 6. The van der Waals surface area contributed by atoms with Gasteiger partial charge >= 0.3 is 0 Å². The topological polar surface area (TPSA) is 80.1 Å². The lowest BCUT2D eigenvalue weighted by molar-refractivity contribution is -0.0585. The summed E-state index contributed by atoms with van der Waals surface area (Å²) in [4.78, 5) is 6.99. The summed E-state index contributed by atoms with van der Waals surface area (Å²) in [6.07, 6.45) is 4.66. The summed E-state index contributed by atoms with van der Waals surface area (Å²) in [5, 5.41) is 11.5. The maximum atomic E-state index is 6.21. The Labute approximate surface area is 154 Å². The second-order valence-corrected chi connectivity index (χ2v) is 7.80. The fourth-order valence-electron chi connectivity index (χ4n) is 4.34. The first kappa shape index (κ1) is 17.7. The molecule has 0 spiro atoms. The molecule has 2 aromatic heterocycles. The van der Waals surface area contributed by atoms with Crippen molar-refractivity contribution < 1.29 is 9.26 Å². The number of ether oxygens (including phenoxy) is 1. The summed E-state index contributed by atoms with van der Waals surface area (Å²) in [5.74, 6) is 2.28. The Kier molecular flexibility index (Phi) is 5.09. The van der Waals surface area contributed by atoms with Gasteiger partial charge in [-0.15, -0.1) is 0 Å². The number of piperidine rings is 1. The first-order chi connectivity index (χ1) is 12.6. The third-order valence-corrected chi connectivity index (χ3v) is 6.05. The lowest BCUT2D eigenvalue weighted by Gasteiger charge is -2.40. The van der Waals surface area contributed by atoms with Gasteiger partial charge in [-0.1, -0.05) is 5.16 Å². The number of hydrogen-bond donors (Lipinski definition) is 1. The quantitative estimate of drug-likeness (QED) is 0.904. The lowest BCUT2D eigenvalue weighted by Crippen LogP contribution is -2.42. The van der Waals surface area contributed by atoms with Crippen molar-refractivity contribution in [2.75, 3.05) is 19.7 Å². The first-order valence-electron chi connectivity index (χ1n) is 9.76. The predicted octanol–water partition coefficient (Wildman–Crippen LogP) is 2.89. The molecule has 0 aliphatic carbocycles. The molecule has 0 amide bonds. The second kappa shape index (κ2) is 7.48. The second-order valence-electron chi connectivity index (χ2n) is 7.80. The highest BCUT2D eigenvalue weighted by molar-refractivity contribution is 5.22. The van der Waals surface area contributed by atoms with Gasteiger partial charge in [0.05, 0.1) is 17.7 Å². The van der Waals surface area contributed by atoms with Gasteiger partial charge in [-0.2, -0.15) is 10.1 Å². The summed E-state index contributed by atoms with van der Waals surface area (Å²) >= 11 is 0. The van der Waals surface area contributed by atoms with Crippen LogP contribution in [0.2, 0.25) is 0 Å². The molecule has 7 nitrogen and oxygen atoms in total. The molecule has 2 aliphatic heterocycles. The molecule has 4 heterocycles. The van der Waals surface area contributed by atoms with Crippen LogP contribution >= 0.6 is 0 Å². The van der Waals surface area contributed by atoms with Crippen molar-refractivity contribution in [1.82, 2.24) is 25.2 Å². The van der Waals surface area contributed by atoms with E-state index in [0.717, 1.165) is 57.8 Å². The van der Waals surface area contributed by atoms with E-state index in [9.17, 15) is 0 Å². The lowest BCUT2D eigenvalue weighted by atomic mass is 9.80. The highest BCUT2D eigenvalue weighted by Crippen LogP contribution is 2.38. The summed E-state index contributed by atoms with van der Waals surface area (Å²) < 4.78 is 11.7. The van der Waals surface area contributed by atoms with Crippen LogP contribution in [0.1, 0.15) is 60.3 Å². The molecular formula is C19H29N5O2. The van der Waals surface area contributed by atoms with Crippen LogP contribution in [0, 0.1) is 26.7 Å². The highest BCUT2D eigenvalue weighted by Gasteiger charge is 2.38. The van der Waals surface area contributed by atoms with E-state index in [2.05, 4.69) is 39.1 Å². The third kappa shape index (κ3) is 3.55.